The summed E-state index contributed by atoms with van der Waals surface area (Å²) in [6.07, 6.45) is 4.19. The fourth-order valence-corrected chi connectivity index (χ4v) is 4.41. The zero-order valence-corrected chi connectivity index (χ0v) is 16.6. The van der Waals surface area contributed by atoms with E-state index in [0.717, 1.165) is 49.4 Å². The Bertz CT molecular complexity index is 1050. The van der Waals surface area contributed by atoms with Crippen molar-refractivity contribution < 1.29 is 9.18 Å². The number of imidazole rings is 1. The minimum atomic E-state index is -0.278. The van der Waals surface area contributed by atoms with Gasteiger partial charge in [0.25, 0.3) is 5.91 Å². The molecule has 0 aliphatic carbocycles. The summed E-state index contributed by atoms with van der Waals surface area (Å²) in [5.74, 6) is -0.233. The van der Waals surface area contributed by atoms with Crippen molar-refractivity contribution >= 4 is 5.91 Å². The number of carbonyl (C=O) groups is 1. The molecule has 5 rings (SSSR count). The second kappa shape index (κ2) is 7.98. The van der Waals surface area contributed by atoms with Gasteiger partial charge in [-0.1, -0.05) is 23.4 Å². The van der Waals surface area contributed by atoms with Crippen molar-refractivity contribution in [1.82, 2.24) is 35.2 Å². The van der Waals surface area contributed by atoms with Crippen molar-refractivity contribution in [3.05, 3.63) is 64.7 Å². The molecule has 1 fully saturated rings. The molecule has 0 atom stereocenters. The molecule has 0 spiro atoms. The van der Waals surface area contributed by atoms with Crippen LogP contribution in [-0.4, -0.2) is 55.4 Å². The van der Waals surface area contributed by atoms with E-state index in [0.29, 0.717) is 24.3 Å². The van der Waals surface area contributed by atoms with Gasteiger partial charge < -0.3 is 15.2 Å². The maximum Gasteiger partial charge on any atom is 0.276 e. The van der Waals surface area contributed by atoms with Crippen LogP contribution in [0.15, 0.2) is 30.6 Å². The Morgan fingerprint density at radius 2 is 2.07 bits per heavy atom. The highest BCUT2D eigenvalue weighted by Gasteiger charge is 2.32. The Morgan fingerprint density at radius 3 is 2.90 bits per heavy atom. The number of nitrogens with zero attached hydrogens (tertiary/aromatic N) is 5. The average molecular weight is 409 g/mol. The lowest BCUT2D eigenvalue weighted by molar-refractivity contribution is 0.0723. The molecule has 0 saturated carbocycles. The van der Waals surface area contributed by atoms with Gasteiger partial charge in [-0.15, -0.1) is 5.10 Å². The molecule has 1 amide bonds. The molecule has 0 radical (unpaired) electrons. The molecule has 2 N–H and O–H groups in total. The Labute approximate surface area is 173 Å². The largest absolute Gasteiger partial charge is 0.347 e. The summed E-state index contributed by atoms with van der Waals surface area (Å²) >= 11 is 0. The predicted molar refractivity (Wildman–Crippen MR) is 107 cm³/mol. The van der Waals surface area contributed by atoms with Gasteiger partial charge in [-0.05, 0) is 32.0 Å². The van der Waals surface area contributed by atoms with Crippen LogP contribution < -0.4 is 5.32 Å². The Hall–Kier alpha value is -3.07. The number of hydrogen-bond acceptors (Lipinski definition) is 5. The highest BCUT2D eigenvalue weighted by Crippen LogP contribution is 2.29. The fourth-order valence-electron chi connectivity index (χ4n) is 4.41. The number of rotatable bonds is 4. The Balaban J connectivity index is 1.47. The number of aromatic amines is 1. The fraction of sp³-hybridized carbons (Fsp3) is 0.429. The lowest BCUT2D eigenvalue weighted by Gasteiger charge is -2.28. The zero-order chi connectivity index (χ0) is 20.5. The standard InChI is InChI=1S/C21H24FN7O/c22-16-4-2-1-3-15(16)11-29-20(14-5-8-23-9-6-14)19(26-27-29)21(30)28-10-7-17-18(12-28)25-13-24-17/h1-4,13-14,23H,5-12H2,(H,24,25). The van der Waals surface area contributed by atoms with Crippen LogP contribution in [0.4, 0.5) is 4.39 Å². The smallest absolute Gasteiger partial charge is 0.276 e. The van der Waals surface area contributed by atoms with Crippen molar-refractivity contribution in [2.24, 2.45) is 0 Å². The topological polar surface area (TPSA) is 91.7 Å². The molecule has 1 aromatic carbocycles. The van der Waals surface area contributed by atoms with Gasteiger partial charge in [-0.3, -0.25) is 4.79 Å². The normalized spacial score (nSPS) is 17.2. The van der Waals surface area contributed by atoms with E-state index < -0.39 is 0 Å². The van der Waals surface area contributed by atoms with Crippen LogP contribution >= 0.6 is 0 Å². The number of carbonyl (C=O) groups excluding carboxylic acids is 1. The van der Waals surface area contributed by atoms with Crippen LogP contribution in [0, 0.1) is 5.82 Å². The maximum absolute atomic E-state index is 14.3. The zero-order valence-electron chi connectivity index (χ0n) is 16.6. The lowest BCUT2D eigenvalue weighted by Crippen LogP contribution is -2.37. The van der Waals surface area contributed by atoms with Gasteiger partial charge in [0.15, 0.2) is 5.69 Å². The number of halogens is 1. The number of H-pyrrole nitrogens is 1. The van der Waals surface area contributed by atoms with E-state index in [4.69, 9.17) is 0 Å². The van der Waals surface area contributed by atoms with Crippen molar-refractivity contribution in [1.29, 1.82) is 0 Å². The monoisotopic (exact) mass is 409 g/mol. The molecule has 2 aromatic heterocycles. The SMILES string of the molecule is O=C(c1nnn(Cc2ccccc2F)c1C1CCNCC1)N1CCc2nc[nH]c2C1. The molecule has 8 nitrogen and oxygen atoms in total. The highest BCUT2D eigenvalue weighted by molar-refractivity contribution is 5.93. The van der Waals surface area contributed by atoms with Crippen molar-refractivity contribution in [3.8, 4) is 0 Å². The van der Waals surface area contributed by atoms with E-state index in [1.54, 1.807) is 34.1 Å². The molecular formula is C21H24FN7O. The Kier molecular flexibility index (Phi) is 5.04. The van der Waals surface area contributed by atoms with Crippen LogP contribution in [0.25, 0.3) is 0 Å². The van der Waals surface area contributed by atoms with Crippen LogP contribution in [0.5, 0.6) is 0 Å². The second-order valence-corrected chi connectivity index (χ2v) is 7.90. The van der Waals surface area contributed by atoms with Crippen LogP contribution in [0.1, 0.15) is 51.9 Å². The van der Waals surface area contributed by atoms with Crippen LogP contribution in [-0.2, 0) is 19.5 Å². The van der Waals surface area contributed by atoms with Gasteiger partial charge in [0, 0.05) is 24.4 Å². The molecule has 9 heteroatoms. The molecule has 3 aromatic rings. The summed E-state index contributed by atoms with van der Waals surface area (Å²) < 4.78 is 16.0. The Morgan fingerprint density at radius 1 is 1.23 bits per heavy atom. The van der Waals surface area contributed by atoms with Crippen molar-refractivity contribution in [2.45, 2.75) is 38.3 Å². The lowest BCUT2D eigenvalue weighted by atomic mass is 9.92. The average Bonchev–Trinajstić information content (AvgIpc) is 3.42. The van der Waals surface area contributed by atoms with Crippen molar-refractivity contribution in [3.63, 3.8) is 0 Å². The summed E-state index contributed by atoms with van der Waals surface area (Å²) in [5.41, 5.74) is 3.73. The third kappa shape index (κ3) is 3.49. The quantitative estimate of drug-likeness (QED) is 0.686. The number of nitrogens with one attached hydrogen (secondary N) is 2. The molecule has 4 heterocycles. The van der Waals surface area contributed by atoms with E-state index in [2.05, 4.69) is 25.6 Å². The minimum absolute atomic E-state index is 0.122. The van der Waals surface area contributed by atoms with Gasteiger partial charge in [0.1, 0.15) is 5.82 Å². The van der Waals surface area contributed by atoms with E-state index in [9.17, 15) is 9.18 Å². The molecule has 2 aliphatic rings. The molecular weight excluding hydrogens is 385 g/mol. The number of piperidine rings is 1. The summed E-state index contributed by atoms with van der Waals surface area (Å²) in [7, 11) is 0. The van der Waals surface area contributed by atoms with Gasteiger partial charge in [0.2, 0.25) is 0 Å². The van der Waals surface area contributed by atoms with Crippen LogP contribution in [0.2, 0.25) is 0 Å². The van der Waals surface area contributed by atoms with Gasteiger partial charge in [-0.25, -0.2) is 14.1 Å². The van der Waals surface area contributed by atoms with Gasteiger partial charge in [0.05, 0.1) is 36.5 Å². The number of hydrogen-bond donors (Lipinski definition) is 2. The third-order valence-electron chi connectivity index (χ3n) is 6.04. The molecule has 1 saturated heterocycles. The van der Waals surface area contributed by atoms with Crippen molar-refractivity contribution in [2.75, 3.05) is 19.6 Å². The van der Waals surface area contributed by atoms with Crippen LogP contribution in [0.3, 0.4) is 0 Å². The van der Waals surface area contributed by atoms with E-state index >= 15 is 0 Å². The van der Waals surface area contributed by atoms with Gasteiger partial charge >= 0.3 is 0 Å². The first-order valence-electron chi connectivity index (χ1n) is 10.4. The first-order valence-corrected chi connectivity index (χ1v) is 10.4. The summed E-state index contributed by atoms with van der Waals surface area (Å²) in [5, 5.41) is 11.9. The minimum Gasteiger partial charge on any atom is -0.347 e. The number of aromatic nitrogens is 5. The van der Waals surface area contributed by atoms with E-state index in [1.807, 2.05) is 0 Å². The molecule has 0 unspecified atom stereocenters. The van der Waals surface area contributed by atoms with Gasteiger partial charge in [-0.2, -0.15) is 0 Å². The van der Waals surface area contributed by atoms with E-state index in [1.165, 1.54) is 6.07 Å². The molecule has 30 heavy (non-hydrogen) atoms. The first-order chi connectivity index (χ1) is 14.7. The highest BCUT2D eigenvalue weighted by atomic mass is 19.1. The summed E-state index contributed by atoms with van der Waals surface area (Å²) in [6.45, 7) is 3.11. The number of fused-ring (bicyclic) bond motifs is 1. The first kappa shape index (κ1) is 18.9. The maximum atomic E-state index is 14.3. The number of benzene rings is 1. The molecule has 156 valence electrons. The second-order valence-electron chi connectivity index (χ2n) is 7.90. The van der Waals surface area contributed by atoms with E-state index in [-0.39, 0.29) is 24.2 Å². The molecule has 0 bridgehead atoms. The number of amides is 1. The third-order valence-corrected chi connectivity index (χ3v) is 6.04. The summed E-state index contributed by atoms with van der Waals surface area (Å²) in [6, 6.07) is 6.66. The molecule has 2 aliphatic heterocycles. The summed E-state index contributed by atoms with van der Waals surface area (Å²) in [4.78, 5) is 22.6. The predicted octanol–water partition coefficient (Wildman–Crippen LogP) is 1.85.